The van der Waals surface area contributed by atoms with E-state index in [2.05, 4.69) is 17.3 Å². The van der Waals surface area contributed by atoms with Gasteiger partial charge in [0.2, 0.25) is 0 Å². The van der Waals surface area contributed by atoms with Crippen LogP contribution in [0.2, 0.25) is 0 Å². The monoisotopic (exact) mass is 289 g/mol. The molecule has 5 heteroatoms. The Hall–Kier alpha value is -2.01. The second kappa shape index (κ2) is 7.13. The minimum absolute atomic E-state index is 0.0445. The van der Waals surface area contributed by atoms with Crippen molar-refractivity contribution < 1.29 is 9.47 Å². The van der Waals surface area contributed by atoms with E-state index < -0.39 is 0 Å². The highest BCUT2D eigenvalue weighted by atomic mass is 16.5. The molecule has 2 aromatic rings. The maximum absolute atomic E-state index is 5.36. The lowest BCUT2D eigenvalue weighted by Gasteiger charge is -2.20. The van der Waals surface area contributed by atoms with E-state index in [1.807, 2.05) is 42.2 Å². The third-order valence-corrected chi connectivity index (χ3v) is 3.48. The Morgan fingerprint density at radius 3 is 2.38 bits per heavy atom. The average molecular weight is 289 g/mol. The molecular formula is C16H23N3O2. The minimum atomic E-state index is 0.0445. The van der Waals surface area contributed by atoms with Crippen molar-refractivity contribution in [2.45, 2.75) is 25.9 Å². The lowest BCUT2D eigenvalue weighted by molar-refractivity contribution is 0.392. The van der Waals surface area contributed by atoms with Gasteiger partial charge >= 0.3 is 0 Å². The number of ether oxygens (including phenoxy) is 2. The largest absolute Gasteiger partial charge is 0.497 e. The second-order valence-electron chi connectivity index (χ2n) is 4.85. The lowest BCUT2D eigenvalue weighted by atomic mass is 10.0. The molecule has 0 bridgehead atoms. The van der Waals surface area contributed by atoms with Gasteiger partial charge in [-0.1, -0.05) is 6.92 Å². The molecule has 5 nitrogen and oxygen atoms in total. The topological polar surface area (TPSA) is 48.3 Å². The Balaban J connectivity index is 2.43. The van der Waals surface area contributed by atoms with Crippen LogP contribution in [0.4, 0.5) is 0 Å². The molecule has 0 aliphatic heterocycles. The Morgan fingerprint density at radius 2 is 1.86 bits per heavy atom. The zero-order chi connectivity index (χ0) is 15.2. The number of benzene rings is 1. The predicted octanol–water partition coefficient (Wildman–Crippen LogP) is 2.62. The summed E-state index contributed by atoms with van der Waals surface area (Å²) in [6.07, 6.45) is 2.89. The first-order valence-electron chi connectivity index (χ1n) is 7.15. The van der Waals surface area contributed by atoms with Crippen LogP contribution < -0.4 is 14.8 Å². The van der Waals surface area contributed by atoms with E-state index in [1.165, 1.54) is 0 Å². The number of nitrogens with one attached hydrogen (secondary N) is 1. The van der Waals surface area contributed by atoms with Crippen molar-refractivity contribution in [1.82, 2.24) is 15.1 Å². The van der Waals surface area contributed by atoms with Crippen molar-refractivity contribution in [2.24, 2.45) is 0 Å². The number of rotatable bonds is 7. The van der Waals surface area contributed by atoms with Crippen molar-refractivity contribution in [2.75, 3.05) is 21.3 Å². The Kier molecular flexibility index (Phi) is 5.22. The summed E-state index contributed by atoms with van der Waals surface area (Å²) in [5.41, 5.74) is 2.22. The number of nitrogens with zero attached hydrogens (tertiary/aromatic N) is 2. The number of aromatic nitrogens is 2. The molecule has 1 aromatic heterocycles. The van der Waals surface area contributed by atoms with Gasteiger partial charge in [0.05, 0.1) is 26.0 Å². The Labute approximate surface area is 125 Å². The van der Waals surface area contributed by atoms with Crippen LogP contribution in [0, 0.1) is 0 Å². The van der Waals surface area contributed by atoms with Crippen LogP contribution in [0.15, 0.2) is 30.5 Å². The Bertz CT molecular complexity index is 558. The van der Waals surface area contributed by atoms with Gasteiger partial charge in [0.25, 0.3) is 0 Å². The van der Waals surface area contributed by atoms with Crippen LogP contribution in [0.25, 0.3) is 0 Å². The maximum atomic E-state index is 5.36. The van der Waals surface area contributed by atoms with E-state index in [0.29, 0.717) is 0 Å². The molecule has 0 saturated heterocycles. The lowest BCUT2D eigenvalue weighted by Crippen LogP contribution is -2.21. The highest BCUT2D eigenvalue weighted by molar-refractivity contribution is 5.42. The van der Waals surface area contributed by atoms with Crippen LogP contribution >= 0.6 is 0 Å². The number of hydrogen-bond donors (Lipinski definition) is 1. The molecular weight excluding hydrogens is 266 g/mol. The molecule has 1 N–H and O–H groups in total. The van der Waals surface area contributed by atoms with Gasteiger partial charge in [-0.05, 0) is 37.2 Å². The van der Waals surface area contributed by atoms with Crippen LogP contribution in [0.5, 0.6) is 11.5 Å². The van der Waals surface area contributed by atoms with E-state index in [0.717, 1.165) is 35.7 Å². The van der Waals surface area contributed by atoms with Gasteiger partial charge in [0, 0.05) is 18.8 Å². The van der Waals surface area contributed by atoms with Gasteiger partial charge in [-0.15, -0.1) is 0 Å². The van der Waals surface area contributed by atoms with Crippen LogP contribution in [-0.2, 0) is 6.54 Å². The van der Waals surface area contributed by atoms with E-state index in [-0.39, 0.29) is 6.04 Å². The molecule has 21 heavy (non-hydrogen) atoms. The SMILES string of the molecule is CCCn1nccc1C(NC)c1cc(OC)cc(OC)c1. The summed E-state index contributed by atoms with van der Waals surface area (Å²) in [7, 11) is 5.27. The minimum Gasteiger partial charge on any atom is -0.497 e. The van der Waals surface area contributed by atoms with Gasteiger partial charge in [0.1, 0.15) is 11.5 Å². The van der Waals surface area contributed by atoms with Crippen LogP contribution in [-0.4, -0.2) is 31.0 Å². The molecule has 114 valence electrons. The van der Waals surface area contributed by atoms with Gasteiger partial charge in [0.15, 0.2) is 0 Å². The summed E-state index contributed by atoms with van der Waals surface area (Å²) in [4.78, 5) is 0. The maximum Gasteiger partial charge on any atom is 0.122 e. The second-order valence-corrected chi connectivity index (χ2v) is 4.85. The Morgan fingerprint density at radius 1 is 1.19 bits per heavy atom. The molecule has 1 aromatic carbocycles. The number of aryl methyl sites for hydroxylation is 1. The summed E-state index contributed by atoms with van der Waals surface area (Å²) in [5.74, 6) is 1.57. The zero-order valence-corrected chi connectivity index (χ0v) is 13.1. The van der Waals surface area contributed by atoms with E-state index in [9.17, 15) is 0 Å². The van der Waals surface area contributed by atoms with Crippen molar-refractivity contribution in [3.8, 4) is 11.5 Å². The van der Waals surface area contributed by atoms with Crippen LogP contribution in [0.3, 0.4) is 0 Å². The van der Waals surface area contributed by atoms with Gasteiger partial charge in [-0.3, -0.25) is 4.68 Å². The fourth-order valence-electron chi connectivity index (χ4n) is 2.47. The van der Waals surface area contributed by atoms with E-state index in [4.69, 9.17) is 9.47 Å². The predicted molar refractivity (Wildman–Crippen MR) is 83.0 cm³/mol. The normalized spacial score (nSPS) is 12.2. The third kappa shape index (κ3) is 3.36. The third-order valence-electron chi connectivity index (χ3n) is 3.48. The number of hydrogen-bond acceptors (Lipinski definition) is 4. The summed E-state index contributed by atoms with van der Waals surface area (Å²) in [6, 6.07) is 8.01. The van der Waals surface area contributed by atoms with Gasteiger partial charge < -0.3 is 14.8 Å². The molecule has 1 heterocycles. The molecule has 0 saturated carbocycles. The van der Waals surface area contributed by atoms with Crippen LogP contribution in [0.1, 0.15) is 30.6 Å². The molecule has 2 rings (SSSR count). The van der Waals surface area contributed by atoms with Crippen molar-refractivity contribution in [1.29, 1.82) is 0 Å². The molecule has 0 radical (unpaired) electrons. The highest BCUT2D eigenvalue weighted by Crippen LogP contribution is 2.29. The first kappa shape index (κ1) is 15.4. The summed E-state index contributed by atoms with van der Waals surface area (Å²) < 4.78 is 12.7. The highest BCUT2D eigenvalue weighted by Gasteiger charge is 2.18. The fourth-order valence-corrected chi connectivity index (χ4v) is 2.47. The zero-order valence-electron chi connectivity index (χ0n) is 13.1. The van der Waals surface area contributed by atoms with E-state index >= 15 is 0 Å². The fraction of sp³-hybridized carbons (Fsp3) is 0.438. The first-order chi connectivity index (χ1) is 10.2. The van der Waals surface area contributed by atoms with Crippen molar-refractivity contribution in [3.63, 3.8) is 0 Å². The van der Waals surface area contributed by atoms with Crippen molar-refractivity contribution >= 4 is 0 Å². The van der Waals surface area contributed by atoms with Crippen molar-refractivity contribution in [3.05, 3.63) is 41.7 Å². The average Bonchev–Trinajstić information content (AvgIpc) is 2.96. The van der Waals surface area contributed by atoms with E-state index in [1.54, 1.807) is 14.2 Å². The summed E-state index contributed by atoms with van der Waals surface area (Å²) in [5, 5.41) is 7.75. The van der Waals surface area contributed by atoms with Gasteiger partial charge in [-0.2, -0.15) is 5.10 Å². The molecule has 0 spiro atoms. The molecule has 1 atom stereocenters. The quantitative estimate of drug-likeness (QED) is 0.851. The molecule has 0 aliphatic rings. The molecule has 0 amide bonds. The smallest absolute Gasteiger partial charge is 0.122 e. The van der Waals surface area contributed by atoms with Gasteiger partial charge in [-0.25, -0.2) is 0 Å². The standard InChI is InChI=1S/C16H23N3O2/c1-5-8-19-15(6-7-18-19)16(17-2)12-9-13(20-3)11-14(10-12)21-4/h6-7,9-11,16-17H,5,8H2,1-4H3. The molecule has 0 aliphatic carbocycles. The first-order valence-corrected chi connectivity index (χ1v) is 7.15. The summed E-state index contributed by atoms with van der Waals surface area (Å²) >= 11 is 0. The summed E-state index contributed by atoms with van der Waals surface area (Å²) in [6.45, 7) is 3.05. The number of methoxy groups -OCH3 is 2. The molecule has 1 unspecified atom stereocenters. The molecule has 0 fully saturated rings.